The Kier molecular flexibility index (Phi) is 11.3. The molecule has 0 amide bonds. The van der Waals surface area contributed by atoms with Crippen molar-refractivity contribution in [2.45, 2.75) is 78.2 Å². The molecule has 0 atom stereocenters. The summed E-state index contributed by atoms with van der Waals surface area (Å²) in [6.07, 6.45) is 9.09. The second kappa shape index (κ2) is 13.9. The molecule has 0 unspecified atom stereocenters. The highest BCUT2D eigenvalue weighted by Gasteiger charge is 2.20. The van der Waals surface area contributed by atoms with E-state index < -0.39 is 29.2 Å². The molecule has 0 aliphatic rings. The maximum absolute atomic E-state index is 14.4. The van der Waals surface area contributed by atoms with Crippen LogP contribution < -0.4 is 4.74 Å². The molecule has 32 heavy (non-hydrogen) atoms. The number of aryl methyl sites for hydroxylation is 1. The van der Waals surface area contributed by atoms with E-state index in [0.29, 0.717) is 13.0 Å². The van der Waals surface area contributed by atoms with Crippen LogP contribution in [-0.2, 0) is 17.8 Å². The molecule has 0 saturated heterocycles. The maximum atomic E-state index is 14.4. The first-order valence-corrected chi connectivity index (χ1v) is 11.5. The van der Waals surface area contributed by atoms with Gasteiger partial charge in [-0.3, -0.25) is 0 Å². The Morgan fingerprint density at radius 3 is 2.28 bits per heavy atom. The first-order chi connectivity index (χ1) is 15.5. The second-order valence-corrected chi connectivity index (χ2v) is 7.98. The van der Waals surface area contributed by atoms with Crippen LogP contribution in [0.25, 0.3) is 0 Å². The number of unbranched alkanes of at least 4 members (excludes halogenated alkanes) is 6. The molecule has 0 aliphatic carbocycles. The standard InChI is InChI=1S/C26H33F3O3/c1-3-5-7-8-10-16-31-18-20-13-15-23(25(29)24(20)28)32-26(30)21-14-12-19(17-22(21)27)11-9-6-4-2/h12-15,17H,3-11,16,18H2,1-2H3. The van der Waals surface area contributed by atoms with Crippen molar-refractivity contribution in [2.75, 3.05) is 6.61 Å². The molecule has 0 N–H and O–H groups in total. The number of rotatable bonds is 14. The molecule has 2 rings (SSSR count). The van der Waals surface area contributed by atoms with Crippen molar-refractivity contribution < 1.29 is 27.4 Å². The summed E-state index contributed by atoms with van der Waals surface area (Å²) in [5, 5.41) is 0. The van der Waals surface area contributed by atoms with Gasteiger partial charge in [0.25, 0.3) is 0 Å². The van der Waals surface area contributed by atoms with Crippen LogP contribution in [-0.4, -0.2) is 12.6 Å². The number of hydrogen-bond donors (Lipinski definition) is 0. The van der Waals surface area contributed by atoms with E-state index in [4.69, 9.17) is 9.47 Å². The fraction of sp³-hybridized carbons (Fsp3) is 0.500. The van der Waals surface area contributed by atoms with Gasteiger partial charge < -0.3 is 9.47 Å². The van der Waals surface area contributed by atoms with Gasteiger partial charge in [-0.15, -0.1) is 0 Å². The number of carbonyl (C=O) groups is 1. The molecule has 2 aromatic rings. The first kappa shape index (κ1) is 25.9. The summed E-state index contributed by atoms with van der Waals surface area (Å²) in [4.78, 5) is 12.3. The molecule has 0 bridgehead atoms. The normalized spacial score (nSPS) is 11.0. The van der Waals surface area contributed by atoms with Gasteiger partial charge in [0.1, 0.15) is 5.82 Å². The largest absolute Gasteiger partial charge is 0.420 e. The molecular formula is C26H33F3O3. The van der Waals surface area contributed by atoms with Crippen LogP contribution in [0.15, 0.2) is 30.3 Å². The van der Waals surface area contributed by atoms with Crippen LogP contribution in [0, 0.1) is 17.5 Å². The van der Waals surface area contributed by atoms with Crippen LogP contribution in [0.2, 0.25) is 0 Å². The van der Waals surface area contributed by atoms with E-state index in [0.717, 1.165) is 56.6 Å². The molecule has 2 aromatic carbocycles. The van der Waals surface area contributed by atoms with E-state index in [2.05, 4.69) is 13.8 Å². The van der Waals surface area contributed by atoms with Crippen molar-refractivity contribution in [3.05, 3.63) is 64.5 Å². The highest BCUT2D eigenvalue weighted by atomic mass is 19.2. The van der Waals surface area contributed by atoms with Crippen LogP contribution in [0.4, 0.5) is 13.2 Å². The zero-order valence-corrected chi connectivity index (χ0v) is 19.0. The lowest BCUT2D eigenvalue weighted by Crippen LogP contribution is -2.13. The van der Waals surface area contributed by atoms with E-state index in [9.17, 15) is 18.0 Å². The van der Waals surface area contributed by atoms with Crippen molar-refractivity contribution in [2.24, 2.45) is 0 Å². The average Bonchev–Trinajstić information content (AvgIpc) is 2.78. The highest BCUT2D eigenvalue weighted by Crippen LogP contribution is 2.25. The van der Waals surface area contributed by atoms with Crippen LogP contribution in [0.5, 0.6) is 5.75 Å². The van der Waals surface area contributed by atoms with Crippen LogP contribution >= 0.6 is 0 Å². The summed E-state index contributed by atoms with van der Waals surface area (Å²) < 4.78 is 53.4. The van der Waals surface area contributed by atoms with E-state index in [-0.39, 0.29) is 17.7 Å². The Balaban J connectivity index is 1.93. The molecule has 0 fully saturated rings. The van der Waals surface area contributed by atoms with Gasteiger partial charge in [0.15, 0.2) is 11.6 Å². The topological polar surface area (TPSA) is 35.5 Å². The van der Waals surface area contributed by atoms with Crippen molar-refractivity contribution in [3.8, 4) is 5.75 Å². The predicted octanol–water partition coefficient (Wildman–Crippen LogP) is 7.54. The summed E-state index contributed by atoms with van der Waals surface area (Å²) >= 11 is 0. The molecule has 0 aromatic heterocycles. The summed E-state index contributed by atoms with van der Waals surface area (Å²) in [7, 11) is 0. The lowest BCUT2D eigenvalue weighted by Gasteiger charge is -2.11. The third-order valence-electron chi connectivity index (χ3n) is 5.30. The minimum atomic E-state index is -1.29. The monoisotopic (exact) mass is 450 g/mol. The molecule has 176 valence electrons. The Hall–Kier alpha value is -2.34. The number of halogens is 3. The van der Waals surface area contributed by atoms with Crippen LogP contribution in [0.1, 0.15) is 86.7 Å². The number of hydrogen-bond acceptors (Lipinski definition) is 3. The Bertz CT molecular complexity index is 868. The van der Waals surface area contributed by atoms with Crippen molar-refractivity contribution in [1.82, 2.24) is 0 Å². The molecular weight excluding hydrogens is 417 g/mol. The van der Waals surface area contributed by atoms with Gasteiger partial charge in [0.05, 0.1) is 12.2 Å². The molecule has 0 aliphatic heterocycles. The maximum Gasteiger partial charge on any atom is 0.346 e. The van der Waals surface area contributed by atoms with Gasteiger partial charge >= 0.3 is 5.97 Å². The smallest absolute Gasteiger partial charge is 0.346 e. The number of esters is 1. The fourth-order valence-electron chi connectivity index (χ4n) is 3.37. The summed E-state index contributed by atoms with van der Waals surface area (Å²) in [6, 6.07) is 6.72. The SMILES string of the molecule is CCCCCCCOCc1ccc(OC(=O)c2ccc(CCCCC)cc2F)c(F)c1F. The van der Waals surface area contributed by atoms with E-state index >= 15 is 0 Å². The van der Waals surface area contributed by atoms with Gasteiger partial charge in [0, 0.05) is 12.2 Å². The van der Waals surface area contributed by atoms with E-state index in [1.54, 1.807) is 6.07 Å². The first-order valence-electron chi connectivity index (χ1n) is 11.5. The Morgan fingerprint density at radius 2 is 1.56 bits per heavy atom. The molecule has 3 nitrogen and oxygen atoms in total. The minimum absolute atomic E-state index is 0.0402. The van der Waals surface area contributed by atoms with Gasteiger partial charge in [0.2, 0.25) is 5.82 Å². The van der Waals surface area contributed by atoms with Crippen molar-refractivity contribution >= 4 is 5.97 Å². The zero-order valence-electron chi connectivity index (χ0n) is 19.0. The van der Waals surface area contributed by atoms with Crippen LogP contribution in [0.3, 0.4) is 0 Å². The lowest BCUT2D eigenvalue weighted by molar-refractivity contribution is 0.0721. The number of carbonyl (C=O) groups excluding carboxylic acids is 1. The second-order valence-electron chi connectivity index (χ2n) is 7.98. The van der Waals surface area contributed by atoms with E-state index in [1.165, 1.54) is 24.6 Å². The van der Waals surface area contributed by atoms with Gasteiger partial charge in [-0.25, -0.2) is 13.6 Å². The average molecular weight is 451 g/mol. The molecule has 6 heteroatoms. The lowest BCUT2D eigenvalue weighted by atomic mass is 10.0. The van der Waals surface area contributed by atoms with Gasteiger partial charge in [-0.1, -0.05) is 58.4 Å². The minimum Gasteiger partial charge on any atom is -0.420 e. The van der Waals surface area contributed by atoms with Crippen molar-refractivity contribution in [1.29, 1.82) is 0 Å². The fourth-order valence-corrected chi connectivity index (χ4v) is 3.37. The quantitative estimate of drug-likeness (QED) is 0.169. The Labute approximate surface area is 188 Å². The molecule has 0 saturated carbocycles. The van der Waals surface area contributed by atoms with E-state index in [1.807, 2.05) is 0 Å². The van der Waals surface area contributed by atoms with Crippen molar-refractivity contribution in [3.63, 3.8) is 0 Å². The third-order valence-corrected chi connectivity index (χ3v) is 5.30. The molecule has 0 radical (unpaired) electrons. The zero-order chi connectivity index (χ0) is 23.3. The predicted molar refractivity (Wildman–Crippen MR) is 119 cm³/mol. The molecule has 0 heterocycles. The summed E-state index contributed by atoms with van der Waals surface area (Å²) in [5.41, 5.74) is 0.498. The summed E-state index contributed by atoms with van der Waals surface area (Å²) in [5.74, 6) is -4.82. The van der Waals surface area contributed by atoms with Gasteiger partial charge in [-0.05, 0) is 49.1 Å². The third kappa shape index (κ3) is 7.97. The summed E-state index contributed by atoms with van der Waals surface area (Å²) in [6.45, 7) is 4.61. The van der Waals surface area contributed by atoms with Gasteiger partial charge in [-0.2, -0.15) is 4.39 Å². The highest BCUT2D eigenvalue weighted by molar-refractivity contribution is 5.91. The Morgan fingerprint density at radius 1 is 0.844 bits per heavy atom. The molecule has 0 spiro atoms. The number of benzene rings is 2. The number of ether oxygens (including phenoxy) is 2.